The predicted octanol–water partition coefficient (Wildman–Crippen LogP) is -0.142. The second-order valence-corrected chi connectivity index (χ2v) is 3.71. The lowest BCUT2D eigenvalue weighted by Crippen LogP contribution is -2.35. The molecule has 0 aromatic carbocycles. The maximum absolute atomic E-state index is 10.9. The molecule has 15 heavy (non-hydrogen) atoms. The first-order valence-electron chi connectivity index (χ1n) is 4.71. The highest BCUT2D eigenvalue weighted by atomic mass is 16.6. The molecule has 0 bridgehead atoms. The maximum Gasteiger partial charge on any atom is 0.335 e. The van der Waals surface area contributed by atoms with Crippen molar-refractivity contribution in [2.75, 3.05) is 6.61 Å². The molecule has 0 aromatic heterocycles. The second kappa shape index (κ2) is 3.67. The van der Waals surface area contributed by atoms with Crippen LogP contribution in [-0.4, -0.2) is 34.2 Å². The number of carboxylic acids is 1. The third-order valence-corrected chi connectivity index (χ3v) is 2.97. The highest BCUT2D eigenvalue weighted by molar-refractivity contribution is 5.87. The van der Waals surface area contributed by atoms with Gasteiger partial charge < -0.3 is 20.1 Å². The molecule has 3 atom stereocenters. The number of aliphatic hydroxyl groups is 2. The largest absolute Gasteiger partial charge is 0.478 e. The molecule has 1 aliphatic heterocycles. The highest BCUT2D eigenvalue weighted by Crippen LogP contribution is 2.41. The molecular formula is C10H12O5. The summed E-state index contributed by atoms with van der Waals surface area (Å²) in [7, 11) is 0. The number of hydrogen-bond acceptors (Lipinski definition) is 4. The minimum absolute atomic E-state index is 0.157. The number of carboxylic acid groups (broad SMARTS) is 1. The van der Waals surface area contributed by atoms with E-state index in [9.17, 15) is 9.90 Å². The average Bonchev–Trinajstić information content (AvgIpc) is 2.62. The van der Waals surface area contributed by atoms with E-state index in [1.165, 1.54) is 0 Å². The van der Waals surface area contributed by atoms with Gasteiger partial charge in [0.2, 0.25) is 6.29 Å². The van der Waals surface area contributed by atoms with E-state index in [2.05, 4.69) is 0 Å². The number of aliphatic hydroxyl groups excluding tert-OH is 2. The Morgan fingerprint density at radius 2 is 2.33 bits per heavy atom. The summed E-state index contributed by atoms with van der Waals surface area (Å²) >= 11 is 0. The molecule has 2 aliphatic rings. The fourth-order valence-electron chi connectivity index (χ4n) is 2.22. The van der Waals surface area contributed by atoms with Crippen molar-refractivity contribution in [3.63, 3.8) is 0 Å². The molecule has 0 unspecified atom stereocenters. The number of fused-ring (bicyclic) bond motifs is 1. The van der Waals surface area contributed by atoms with Crippen LogP contribution >= 0.6 is 0 Å². The molecule has 5 nitrogen and oxygen atoms in total. The zero-order chi connectivity index (χ0) is 11.0. The topological polar surface area (TPSA) is 87.0 Å². The van der Waals surface area contributed by atoms with Gasteiger partial charge in [0.15, 0.2) is 0 Å². The Labute approximate surface area is 86.3 Å². The molecule has 0 aromatic rings. The molecule has 0 saturated heterocycles. The number of hydrogen-bond donors (Lipinski definition) is 3. The van der Waals surface area contributed by atoms with Crippen molar-refractivity contribution in [3.8, 4) is 0 Å². The summed E-state index contributed by atoms with van der Waals surface area (Å²) in [4.78, 5) is 10.9. The first kappa shape index (κ1) is 10.2. The van der Waals surface area contributed by atoms with Crippen molar-refractivity contribution in [1.82, 2.24) is 0 Å². The van der Waals surface area contributed by atoms with Crippen LogP contribution in [0.5, 0.6) is 0 Å². The molecule has 1 aliphatic carbocycles. The number of rotatable bonds is 2. The van der Waals surface area contributed by atoms with Crippen molar-refractivity contribution in [2.24, 2.45) is 11.8 Å². The smallest absolute Gasteiger partial charge is 0.335 e. The lowest BCUT2D eigenvalue weighted by Gasteiger charge is -2.31. The van der Waals surface area contributed by atoms with Crippen LogP contribution in [0.3, 0.4) is 0 Å². The molecule has 82 valence electrons. The first-order valence-corrected chi connectivity index (χ1v) is 4.71. The van der Waals surface area contributed by atoms with E-state index in [1.807, 2.05) is 0 Å². The average molecular weight is 212 g/mol. The van der Waals surface area contributed by atoms with E-state index in [0.29, 0.717) is 12.0 Å². The van der Waals surface area contributed by atoms with E-state index in [0.717, 1.165) is 6.26 Å². The highest BCUT2D eigenvalue weighted by Gasteiger charge is 2.42. The van der Waals surface area contributed by atoms with Gasteiger partial charge in [-0.2, -0.15) is 0 Å². The third-order valence-electron chi connectivity index (χ3n) is 2.97. The summed E-state index contributed by atoms with van der Waals surface area (Å²) in [6.07, 6.45) is 2.34. The van der Waals surface area contributed by atoms with Crippen LogP contribution < -0.4 is 0 Å². The van der Waals surface area contributed by atoms with Crippen molar-refractivity contribution in [2.45, 2.75) is 12.7 Å². The van der Waals surface area contributed by atoms with Crippen LogP contribution in [0.2, 0.25) is 0 Å². The molecule has 0 amide bonds. The van der Waals surface area contributed by atoms with Crippen LogP contribution in [0.25, 0.3) is 0 Å². The van der Waals surface area contributed by atoms with Gasteiger partial charge in [-0.1, -0.05) is 6.08 Å². The van der Waals surface area contributed by atoms with E-state index in [1.54, 1.807) is 6.08 Å². The number of ether oxygens (including phenoxy) is 1. The molecular weight excluding hydrogens is 200 g/mol. The summed E-state index contributed by atoms with van der Waals surface area (Å²) in [6, 6.07) is 0. The van der Waals surface area contributed by atoms with Crippen LogP contribution in [0.1, 0.15) is 6.42 Å². The summed E-state index contributed by atoms with van der Waals surface area (Å²) in [6.45, 7) is -0.172. The van der Waals surface area contributed by atoms with Gasteiger partial charge in [0, 0.05) is 5.92 Å². The lowest BCUT2D eigenvalue weighted by molar-refractivity contribution is -0.138. The fourth-order valence-corrected chi connectivity index (χ4v) is 2.22. The van der Waals surface area contributed by atoms with Gasteiger partial charge in [0.1, 0.15) is 0 Å². The van der Waals surface area contributed by atoms with Gasteiger partial charge in [0.25, 0.3) is 0 Å². The van der Waals surface area contributed by atoms with Gasteiger partial charge in [-0.15, -0.1) is 0 Å². The van der Waals surface area contributed by atoms with Crippen LogP contribution in [-0.2, 0) is 9.53 Å². The quantitative estimate of drug-likeness (QED) is 0.554. The van der Waals surface area contributed by atoms with Gasteiger partial charge in [-0.3, -0.25) is 0 Å². The lowest BCUT2D eigenvalue weighted by atomic mass is 9.84. The van der Waals surface area contributed by atoms with Crippen LogP contribution in [0, 0.1) is 11.8 Å². The zero-order valence-electron chi connectivity index (χ0n) is 7.96. The number of aliphatic carboxylic acids is 1. The Balaban J connectivity index is 2.29. The standard InChI is InChI=1S/C10H12O5/c11-3-5-1-2-6-7(9(12)13)4-15-10(14)8(5)6/h1,4,6,8,10-11,14H,2-3H2,(H,12,13)/t6-,8+,10-/m1/s1. The van der Waals surface area contributed by atoms with Crippen molar-refractivity contribution in [3.05, 3.63) is 23.5 Å². The predicted molar refractivity (Wildman–Crippen MR) is 49.6 cm³/mol. The molecule has 0 radical (unpaired) electrons. The fraction of sp³-hybridized carbons (Fsp3) is 0.500. The Hall–Kier alpha value is -1.33. The Morgan fingerprint density at radius 1 is 1.60 bits per heavy atom. The summed E-state index contributed by atoms with van der Waals surface area (Å²) in [5.74, 6) is -1.75. The minimum Gasteiger partial charge on any atom is -0.478 e. The van der Waals surface area contributed by atoms with Gasteiger partial charge in [-0.25, -0.2) is 4.79 Å². The third kappa shape index (κ3) is 1.53. The van der Waals surface area contributed by atoms with Gasteiger partial charge >= 0.3 is 5.97 Å². The van der Waals surface area contributed by atoms with Crippen molar-refractivity contribution < 1.29 is 24.9 Å². The monoisotopic (exact) mass is 212 g/mol. The van der Waals surface area contributed by atoms with Crippen LogP contribution in [0.15, 0.2) is 23.5 Å². The van der Waals surface area contributed by atoms with Crippen molar-refractivity contribution in [1.29, 1.82) is 0 Å². The molecule has 5 heteroatoms. The minimum atomic E-state index is -1.06. The van der Waals surface area contributed by atoms with E-state index in [4.69, 9.17) is 14.9 Å². The van der Waals surface area contributed by atoms with Gasteiger partial charge in [0.05, 0.1) is 24.4 Å². The summed E-state index contributed by atoms with van der Waals surface area (Å²) < 4.78 is 4.86. The molecule has 0 spiro atoms. The maximum atomic E-state index is 10.9. The van der Waals surface area contributed by atoms with E-state index in [-0.39, 0.29) is 18.1 Å². The Kier molecular flexibility index (Phi) is 2.50. The number of carbonyl (C=O) groups is 1. The normalized spacial score (nSPS) is 33.9. The molecule has 0 fully saturated rings. The van der Waals surface area contributed by atoms with E-state index >= 15 is 0 Å². The second-order valence-electron chi connectivity index (χ2n) is 3.71. The zero-order valence-corrected chi connectivity index (χ0v) is 7.96. The molecule has 3 N–H and O–H groups in total. The van der Waals surface area contributed by atoms with Crippen molar-refractivity contribution >= 4 is 5.97 Å². The van der Waals surface area contributed by atoms with Crippen LogP contribution in [0.4, 0.5) is 0 Å². The molecule has 1 heterocycles. The van der Waals surface area contributed by atoms with E-state index < -0.39 is 18.2 Å². The molecule has 2 rings (SSSR count). The SMILES string of the molecule is O=C(O)C1=CO[C@@H](O)[C@H]2C(CO)=CC[C@H]12. The Bertz CT molecular complexity index is 344. The summed E-state index contributed by atoms with van der Waals surface area (Å²) in [5, 5.41) is 27.5. The molecule has 0 saturated carbocycles. The summed E-state index contributed by atoms with van der Waals surface area (Å²) in [5.41, 5.74) is 0.810. The first-order chi connectivity index (χ1) is 7.15. The Morgan fingerprint density at radius 3 is 2.93 bits per heavy atom. The number of allylic oxidation sites excluding steroid dienone is 1. The van der Waals surface area contributed by atoms with Gasteiger partial charge in [-0.05, 0) is 12.0 Å².